The van der Waals surface area contributed by atoms with Gasteiger partial charge < -0.3 is 9.42 Å². The molecule has 0 aliphatic carbocycles. The predicted octanol–water partition coefficient (Wildman–Crippen LogP) is 2.69. The zero-order valence-electron chi connectivity index (χ0n) is 14.4. The van der Waals surface area contributed by atoms with E-state index in [1.165, 1.54) is 4.88 Å². The molecule has 0 unspecified atom stereocenters. The average Bonchev–Trinajstić information content (AvgIpc) is 3.16. The van der Waals surface area contributed by atoms with Crippen LogP contribution in [0.25, 0.3) is 4.96 Å². The van der Waals surface area contributed by atoms with Gasteiger partial charge in [-0.15, -0.1) is 11.3 Å². The van der Waals surface area contributed by atoms with E-state index in [1.807, 2.05) is 14.0 Å². The first kappa shape index (κ1) is 16.6. The van der Waals surface area contributed by atoms with Crippen molar-refractivity contribution in [2.75, 3.05) is 7.05 Å². The number of rotatable bonds is 6. The molecule has 0 spiro atoms. The third-order valence-corrected chi connectivity index (χ3v) is 4.80. The summed E-state index contributed by atoms with van der Waals surface area (Å²) in [5, 5.41) is 3.75. The summed E-state index contributed by atoms with van der Waals surface area (Å²) in [6.45, 7) is 6.39. The highest BCUT2D eigenvalue weighted by molar-refractivity contribution is 7.17. The third kappa shape index (κ3) is 3.48. The first-order valence-electron chi connectivity index (χ1n) is 7.91. The summed E-state index contributed by atoms with van der Waals surface area (Å²) < 4.78 is 7.15. The van der Waals surface area contributed by atoms with Gasteiger partial charge in [0.2, 0.25) is 11.8 Å². The molecule has 0 aliphatic rings. The van der Waals surface area contributed by atoms with Crippen LogP contribution in [0.5, 0.6) is 0 Å². The lowest BCUT2D eigenvalue weighted by molar-refractivity contribution is -0.130. The van der Waals surface area contributed by atoms with Crippen LogP contribution < -0.4 is 0 Å². The van der Waals surface area contributed by atoms with Crippen LogP contribution in [-0.2, 0) is 17.8 Å². The number of hydrogen-bond donors (Lipinski definition) is 0. The standard InChI is InChI=1S/C16H21N5O2S/c1-10-8-21-13(11(2)17-16(21)24-10)9-20(4)15(22)7-5-6-14-18-12(3)19-23-14/h8H,5-7,9H2,1-4H3. The molecule has 3 heterocycles. The van der Waals surface area contributed by atoms with E-state index in [4.69, 9.17) is 4.52 Å². The van der Waals surface area contributed by atoms with Crippen LogP contribution in [0.3, 0.4) is 0 Å². The van der Waals surface area contributed by atoms with Crippen molar-refractivity contribution in [2.45, 2.75) is 46.6 Å². The number of carbonyl (C=O) groups is 1. The van der Waals surface area contributed by atoms with E-state index in [-0.39, 0.29) is 5.91 Å². The number of aryl methyl sites for hydroxylation is 4. The number of fused-ring (bicyclic) bond motifs is 1. The quantitative estimate of drug-likeness (QED) is 0.685. The predicted molar refractivity (Wildman–Crippen MR) is 91.0 cm³/mol. The smallest absolute Gasteiger partial charge is 0.226 e. The maximum atomic E-state index is 12.3. The highest BCUT2D eigenvalue weighted by Crippen LogP contribution is 2.21. The van der Waals surface area contributed by atoms with Gasteiger partial charge in [0.05, 0.1) is 17.9 Å². The SMILES string of the molecule is Cc1noc(CCCC(=O)N(C)Cc2c(C)nc3sc(C)cn23)n1. The monoisotopic (exact) mass is 347 g/mol. The summed E-state index contributed by atoms with van der Waals surface area (Å²) in [6.07, 6.45) is 3.86. The van der Waals surface area contributed by atoms with E-state index < -0.39 is 0 Å². The second kappa shape index (κ2) is 6.72. The number of hydrogen-bond acceptors (Lipinski definition) is 6. The third-order valence-electron chi connectivity index (χ3n) is 3.90. The molecular formula is C16H21N5O2S. The van der Waals surface area contributed by atoms with Gasteiger partial charge in [-0.2, -0.15) is 4.98 Å². The van der Waals surface area contributed by atoms with Crippen molar-refractivity contribution in [3.63, 3.8) is 0 Å². The molecule has 0 saturated heterocycles. The van der Waals surface area contributed by atoms with Gasteiger partial charge in [0.1, 0.15) is 0 Å². The molecule has 24 heavy (non-hydrogen) atoms. The van der Waals surface area contributed by atoms with E-state index in [9.17, 15) is 4.79 Å². The molecule has 0 aliphatic heterocycles. The van der Waals surface area contributed by atoms with Crippen LogP contribution in [0.4, 0.5) is 0 Å². The van der Waals surface area contributed by atoms with Crippen molar-refractivity contribution in [1.29, 1.82) is 0 Å². The molecule has 3 rings (SSSR count). The average molecular weight is 347 g/mol. The lowest BCUT2D eigenvalue weighted by atomic mass is 10.2. The summed E-state index contributed by atoms with van der Waals surface area (Å²) in [6, 6.07) is 0. The first-order chi connectivity index (χ1) is 11.4. The van der Waals surface area contributed by atoms with Gasteiger partial charge in [0.15, 0.2) is 10.8 Å². The van der Waals surface area contributed by atoms with E-state index >= 15 is 0 Å². The lowest BCUT2D eigenvalue weighted by Gasteiger charge is -2.17. The van der Waals surface area contributed by atoms with Crippen molar-refractivity contribution in [3.8, 4) is 0 Å². The number of nitrogens with zero attached hydrogens (tertiary/aromatic N) is 5. The van der Waals surface area contributed by atoms with E-state index in [1.54, 1.807) is 23.2 Å². The van der Waals surface area contributed by atoms with Crippen LogP contribution in [0.15, 0.2) is 10.7 Å². The molecule has 7 nitrogen and oxygen atoms in total. The zero-order chi connectivity index (χ0) is 17.3. The van der Waals surface area contributed by atoms with Gasteiger partial charge in [-0.25, -0.2) is 4.98 Å². The fraction of sp³-hybridized carbons (Fsp3) is 0.500. The Bertz CT molecular complexity index is 863. The highest BCUT2D eigenvalue weighted by Gasteiger charge is 2.16. The number of thiazole rings is 1. The topological polar surface area (TPSA) is 76.5 Å². The van der Waals surface area contributed by atoms with Gasteiger partial charge in [-0.3, -0.25) is 9.20 Å². The minimum Gasteiger partial charge on any atom is -0.340 e. The number of imidazole rings is 1. The summed E-state index contributed by atoms with van der Waals surface area (Å²) in [7, 11) is 1.83. The Morgan fingerprint density at radius 2 is 2.12 bits per heavy atom. The van der Waals surface area contributed by atoms with Crippen molar-refractivity contribution in [2.24, 2.45) is 0 Å². The van der Waals surface area contributed by atoms with Crippen molar-refractivity contribution >= 4 is 22.2 Å². The van der Waals surface area contributed by atoms with Gasteiger partial charge in [0.25, 0.3) is 0 Å². The largest absolute Gasteiger partial charge is 0.340 e. The van der Waals surface area contributed by atoms with E-state index in [0.717, 1.165) is 16.3 Å². The van der Waals surface area contributed by atoms with E-state index in [0.29, 0.717) is 37.5 Å². The number of aromatic nitrogens is 4. The Morgan fingerprint density at radius 1 is 1.33 bits per heavy atom. The normalized spacial score (nSPS) is 11.3. The molecular weight excluding hydrogens is 326 g/mol. The maximum Gasteiger partial charge on any atom is 0.226 e. The van der Waals surface area contributed by atoms with Gasteiger partial charge in [-0.05, 0) is 27.2 Å². The molecule has 0 aromatic carbocycles. The van der Waals surface area contributed by atoms with Gasteiger partial charge >= 0.3 is 0 Å². The first-order valence-corrected chi connectivity index (χ1v) is 8.73. The molecule has 0 saturated carbocycles. The van der Waals surface area contributed by atoms with Crippen LogP contribution in [0, 0.1) is 20.8 Å². The van der Waals surface area contributed by atoms with Crippen molar-refractivity contribution in [1.82, 2.24) is 24.4 Å². The second-order valence-electron chi connectivity index (χ2n) is 5.98. The molecule has 128 valence electrons. The fourth-order valence-corrected chi connectivity index (χ4v) is 3.53. The summed E-state index contributed by atoms with van der Waals surface area (Å²) in [4.78, 5) is 25.0. The van der Waals surface area contributed by atoms with Crippen molar-refractivity contribution in [3.05, 3.63) is 34.2 Å². The van der Waals surface area contributed by atoms with E-state index in [2.05, 4.69) is 32.6 Å². The Hall–Kier alpha value is -2.22. The second-order valence-corrected chi connectivity index (χ2v) is 7.19. The molecule has 8 heteroatoms. The Balaban J connectivity index is 1.58. The van der Waals surface area contributed by atoms with Crippen LogP contribution in [0.1, 0.15) is 40.8 Å². The molecule has 3 aromatic heterocycles. The van der Waals surface area contributed by atoms with Crippen LogP contribution in [0.2, 0.25) is 0 Å². The van der Waals surface area contributed by atoms with Crippen LogP contribution >= 0.6 is 11.3 Å². The van der Waals surface area contributed by atoms with Crippen LogP contribution in [-0.4, -0.2) is 37.4 Å². The molecule has 0 atom stereocenters. The van der Waals surface area contributed by atoms with Gasteiger partial charge in [-0.1, -0.05) is 5.16 Å². The maximum absolute atomic E-state index is 12.3. The summed E-state index contributed by atoms with van der Waals surface area (Å²) in [5.41, 5.74) is 2.04. The summed E-state index contributed by atoms with van der Waals surface area (Å²) >= 11 is 1.66. The molecule has 0 radical (unpaired) electrons. The zero-order valence-corrected chi connectivity index (χ0v) is 15.2. The Kier molecular flexibility index (Phi) is 4.66. The highest BCUT2D eigenvalue weighted by atomic mass is 32.1. The lowest BCUT2D eigenvalue weighted by Crippen LogP contribution is -2.26. The molecule has 0 N–H and O–H groups in total. The Labute approximate surface area is 144 Å². The Morgan fingerprint density at radius 3 is 2.83 bits per heavy atom. The molecule has 1 amide bonds. The minimum absolute atomic E-state index is 0.104. The molecule has 3 aromatic rings. The fourth-order valence-electron chi connectivity index (χ4n) is 2.64. The number of amides is 1. The summed E-state index contributed by atoms with van der Waals surface area (Å²) in [5.74, 6) is 1.32. The minimum atomic E-state index is 0.104. The van der Waals surface area contributed by atoms with Crippen molar-refractivity contribution < 1.29 is 9.32 Å². The molecule has 0 fully saturated rings. The number of carbonyl (C=O) groups excluding carboxylic acids is 1. The van der Waals surface area contributed by atoms with Gasteiger partial charge in [0, 0.05) is 31.0 Å². The molecule has 0 bridgehead atoms.